The van der Waals surface area contributed by atoms with E-state index in [1.165, 1.54) is 14.7 Å². The van der Waals surface area contributed by atoms with Crippen LogP contribution in [-0.4, -0.2) is 20.4 Å². The van der Waals surface area contributed by atoms with E-state index in [0.29, 0.717) is 6.79 Å². The number of ether oxygens (including phenoxy) is 3. The zero-order chi connectivity index (χ0) is 15.4. The summed E-state index contributed by atoms with van der Waals surface area (Å²) in [6, 6.07) is 4.12. The van der Waals surface area contributed by atoms with Crippen molar-refractivity contribution in [1.82, 2.24) is 5.32 Å². The molecular formula is C17H20INO3. The molecule has 0 radical (unpaired) electrons. The van der Waals surface area contributed by atoms with E-state index in [9.17, 15) is 0 Å². The minimum Gasteiger partial charge on any atom is -0.501 e. The van der Waals surface area contributed by atoms with Crippen LogP contribution in [-0.2, 0) is 11.3 Å². The van der Waals surface area contributed by atoms with E-state index in [2.05, 4.69) is 46.1 Å². The number of hydrogen-bond donors (Lipinski definition) is 1. The summed E-state index contributed by atoms with van der Waals surface area (Å²) in [5.41, 5.74) is 2.73. The average molecular weight is 413 g/mol. The summed E-state index contributed by atoms with van der Waals surface area (Å²) in [5.74, 6) is 2.78. The Bertz CT molecular complexity index is 610. The Morgan fingerprint density at radius 3 is 2.73 bits per heavy atom. The minimum absolute atomic E-state index is 0.327. The second-order valence-corrected chi connectivity index (χ2v) is 6.53. The lowest BCUT2D eigenvalue weighted by atomic mass is 10.0. The Hall–Kier alpha value is -1.21. The van der Waals surface area contributed by atoms with Gasteiger partial charge in [-0.2, -0.15) is 0 Å². The zero-order valence-corrected chi connectivity index (χ0v) is 14.8. The third-order valence-corrected chi connectivity index (χ3v) is 4.93. The number of benzene rings is 1. The molecule has 0 bridgehead atoms. The first-order chi connectivity index (χ1) is 10.8. The van der Waals surface area contributed by atoms with Crippen molar-refractivity contribution in [2.45, 2.75) is 25.8 Å². The van der Waals surface area contributed by atoms with E-state index < -0.39 is 0 Å². The molecule has 1 aliphatic carbocycles. The second kappa shape index (κ2) is 7.37. The molecule has 0 aromatic heterocycles. The van der Waals surface area contributed by atoms with Crippen molar-refractivity contribution < 1.29 is 14.2 Å². The summed E-state index contributed by atoms with van der Waals surface area (Å²) >= 11 is 2.35. The van der Waals surface area contributed by atoms with Gasteiger partial charge in [-0.15, -0.1) is 0 Å². The fourth-order valence-corrected chi connectivity index (χ4v) is 3.22. The van der Waals surface area contributed by atoms with Crippen molar-refractivity contribution in [2.24, 2.45) is 0 Å². The monoisotopic (exact) mass is 413 g/mol. The van der Waals surface area contributed by atoms with E-state index in [-0.39, 0.29) is 0 Å². The lowest BCUT2D eigenvalue weighted by Crippen LogP contribution is -2.16. The minimum atomic E-state index is 0.327. The van der Waals surface area contributed by atoms with E-state index in [1.807, 2.05) is 6.07 Å². The third-order valence-electron chi connectivity index (χ3n) is 3.93. The number of allylic oxidation sites excluding steroid dienone is 2. The molecule has 3 rings (SSSR count). The maximum Gasteiger partial charge on any atom is 0.231 e. The van der Waals surface area contributed by atoms with Crippen LogP contribution in [0.2, 0.25) is 0 Å². The summed E-state index contributed by atoms with van der Waals surface area (Å²) in [7, 11) is 1.74. The molecule has 0 fully saturated rings. The average Bonchev–Trinajstić information content (AvgIpc) is 2.99. The topological polar surface area (TPSA) is 39.7 Å². The summed E-state index contributed by atoms with van der Waals surface area (Å²) in [6.45, 7) is 2.15. The first-order valence-electron chi connectivity index (χ1n) is 7.46. The van der Waals surface area contributed by atoms with Gasteiger partial charge in [0.05, 0.1) is 12.9 Å². The van der Waals surface area contributed by atoms with Crippen molar-refractivity contribution in [2.75, 3.05) is 20.4 Å². The molecule has 0 amide bonds. The fraction of sp³-hybridized carbons (Fsp3) is 0.412. The van der Waals surface area contributed by atoms with Gasteiger partial charge in [0, 0.05) is 16.5 Å². The largest absolute Gasteiger partial charge is 0.501 e. The summed E-state index contributed by atoms with van der Waals surface area (Å²) in [6.07, 6.45) is 7.47. The zero-order valence-electron chi connectivity index (χ0n) is 12.7. The van der Waals surface area contributed by atoms with Gasteiger partial charge in [-0.05, 0) is 65.7 Å². The van der Waals surface area contributed by atoms with Gasteiger partial charge in [-0.25, -0.2) is 0 Å². The van der Waals surface area contributed by atoms with Crippen LogP contribution in [0.15, 0.2) is 35.6 Å². The molecule has 0 saturated carbocycles. The van der Waals surface area contributed by atoms with Gasteiger partial charge in [-0.1, -0.05) is 11.6 Å². The number of halogens is 1. The van der Waals surface area contributed by atoms with E-state index in [1.54, 1.807) is 7.11 Å². The molecule has 5 heteroatoms. The quantitative estimate of drug-likeness (QED) is 0.438. The SMILES string of the molecule is COC1=CCC(CCNCc2cc3c(cc2I)OCO3)=CC1. The van der Waals surface area contributed by atoms with Gasteiger partial charge < -0.3 is 19.5 Å². The van der Waals surface area contributed by atoms with E-state index >= 15 is 0 Å². The summed E-state index contributed by atoms with van der Waals surface area (Å²) in [4.78, 5) is 0. The van der Waals surface area contributed by atoms with Crippen LogP contribution in [0, 0.1) is 3.57 Å². The Balaban J connectivity index is 1.45. The van der Waals surface area contributed by atoms with Crippen LogP contribution < -0.4 is 14.8 Å². The molecule has 1 heterocycles. The van der Waals surface area contributed by atoms with Crippen LogP contribution in [0.1, 0.15) is 24.8 Å². The fourth-order valence-electron chi connectivity index (χ4n) is 2.59. The second-order valence-electron chi connectivity index (χ2n) is 5.37. The highest BCUT2D eigenvalue weighted by atomic mass is 127. The molecule has 1 aliphatic heterocycles. The van der Waals surface area contributed by atoms with Gasteiger partial charge in [-0.3, -0.25) is 0 Å². The Morgan fingerprint density at radius 2 is 2.00 bits per heavy atom. The van der Waals surface area contributed by atoms with Crippen LogP contribution >= 0.6 is 22.6 Å². The number of methoxy groups -OCH3 is 1. The van der Waals surface area contributed by atoms with Gasteiger partial charge in [0.15, 0.2) is 11.5 Å². The van der Waals surface area contributed by atoms with Crippen molar-refractivity contribution in [3.05, 3.63) is 44.8 Å². The van der Waals surface area contributed by atoms with Crippen molar-refractivity contribution in [3.63, 3.8) is 0 Å². The molecule has 0 saturated heterocycles. The molecule has 4 nitrogen and oxygen atoms in total. The molecular weight excluding hydrogens is 393 g/mol. The Kier molecular flexibility index (Phi) is 5.25. The van der Waals surface area contributed by atoms with E-state index in [4.69, 9.17) is 14.2 Å². The lowest BCUT2D eigenvalue weighted by molar-refractivity contribution is 0.174. The Labute approximate surface area is 144 Å². The molecule has 0 atom stereocenters. The number of fused-ring (bicyclic) bond motifs is 1. The first-order valence-corrected chi connectivity index (χ1v) is 8.54. The summed E-state index contributed by atoms with van der Waals surface area (Å²) in [5, 5.41) is 3.51. The molecule has 1 aromatic rings. The standard InChI is InChI=1S/C17H20INO3/c1-20-14-4-2-12(3-5-14)6-7-19-10-13-8-16-17(9-15(13)18)22-11-21-16/h2,5,8-9,19H,3-4,6-7,10-11H2,1H3. The maximum atomic E-state index is 5.44. The molecule has 1 N–H and O–H groups in total. The summed E-state index contributed by atoms with van der Waals surface area (Å²) < 4.78 is 17.3. The van der Waals surface area contributed by atoms with Gasteiger partial charge in [0.1, 0.15) is 0 Å². The third kappa shape index (κ3) is 3.76. The Morgan fingerprint density at radius 1 is 1.18 bits per heavy atom. The molecule has 0 unspecified atom stereocenters. The predicted octanol–water partition coefficient (Wildman–Crippen LogP) is 3.75. The molecule has 2 aliphatic rings. The highest BCUT2D eigenvalue weighted by molar-refractivity contribution is 14.1. The smallest absolute Gasteiger partial charge is 0.231 e. The first kappa shape index (κ1) is 15.7. The van der Waals surface area contributed by atoms with Crippen molar-refractivity contribution in [1.29, 1.82) is 0 Å². The highest BCUT2D eigenvalue weighted by Crippen LogP contribution is 2.35. The van der Waals surface area contributed by atoms with Gasteiger partial charge in [0.25, 0.3) is 0 Å². The number of rotatable bonds is 6. The molecule has 0 spiro atoms. The van der Waals surface area contributed by atoms with Crippen LogP contribution in [0.3, 0.4) is 0 Å². The number of nitrogens with one attached hydrogen (secondary N) is 1. The van der Waals surface area contributed by atoms with Crippen LogP contribution in [0.25, 0.3) is 0 Å². The number of hydrogen-bond acceptors (Lipinski definition) is 4. The van der Waals surface area contributed by atoms with Crippen molar-refractivity contribution >= 4 is 22.6 Å². The highest BCUT2D eigenvalue weighted by Gasteiger charge is 2.16. The van der Waals surface area contributed by atoms with Crippen LogP contribution in [0.5, 0.6) is 11.5 Å². The maximum absolute atomic E-state index is 5.44. The normalized spacial score (nSPS) is 16.3. The molecule has 118 valence electrons. The molecule has 22 heavy (non-hydrogen) atoms. The lowest BCUT2D eigenvalue weighted by Gasteiger charge is -2.14. The van der Waals surface area contributed by atoms with Gasteiger partial charge in [0.2, 0.25) is 6.79 Å². The van der Waals surface area contributed by atoms with Crippen molar-refractivity contribution in [3.8, 4) is 11.5 Å². The van der Waals surface area contributed by atoms with Crippen LogP contribution in [0.4, 0.5) is 0 Å². The van der Waals surface area contributed by atoms with E-state index in [0.717, 1.165) is 49.6 Å². The van der Waals surface area contributed by atoms with Gasteiger partial charge >= 0.3 is 0 Å². The molecule has 1 aromatic carbocycles. The predicted molar refractivity (Wildman–Crippen MR) is 94.0 cm³/mol.